The van der Waals surface area contributed by atoms with Gasteiger partial charge in [0.15, 0.2) is 0 Å². The topological polar surface area (TPSA) is 65.4 Å². The maximum Gasteiger partial charge on any atom is 0.268 e. The van der Waals surface area contributed by atoms with Crippen molar-refractivity contribution in [3.8, 4) is 6.07 Å². The summed E-state index contributed by atoms with van der Waals surface area (Å²) < 4.78 is 4.88. The van der Waals surface area contributed by atoms with E-state index in [9.17, 15) is 0 Å². The van der Waals surface area contributed by atoms with E-state index in [0.29, 0.717) is 17.8 Å². The summed E-state index contributed by atoms with van der Waals surface area (Å²) in [5.41, 5.74) is 0.976. The third kappa shape index (κ3) is 2.41. The Labute approximate surface area is 82.6 Å². The van der Waals surface area contributed by atoms with Crippen molar-refractivity contribution in [2.75, 3.05) is 20.6 Å². The van der Waals surface area contributed by atoms with Crippen molar-refractivity contribution in [1.29, 1.82) is 5.26 Å². The van der Waals surface area contributed by atoms with E-state index in [2.05, 4.69) is 10.1 Å². The molecule has 0 bridgehead atoms. The zero-order valence-electron chi connectivity index (χ0n) is 8.48. The third-order valence-electron chi connectivity index (χ3n) is 1.61. The average molecular weight is 192 g/mol. The van der Waals surface area contributed by atoms with E-state index >= 15 is 0 Å². The van der Waals surface area contributed by atoms with Crippen molar-refractivity contribution < 1.29 is 4.52 Å². The van der Waals surface area contributed by atoms with E-state index in [4.69, 9.17) is 9.78 Å². The SMILES string of the molecule is Cc1noc(N=CCN(C)C)c1C#N. The summed E-state index contributed by atoms with van der Waals surface area (Å²) in [4.78, 5) is 5.98. The molecule has 0 unspecified atom stereocenters. The molecule has 1 aromatic rings. The molecule has 0 aromatic carbocycles. The summed E-state index contributed by atoms with van der Waals surface area (Å²) >= 11 is 0. The second kappa shape index (κ2) is 4.53. The van der Waals surface area contributed by atoms with Crippen molar-refractivity contribution in [3.05, 3.63) is 11.3 Å². The summed E-state index contributed by atoms with van der Waals surface area (Å²) in [7, 11) is 3.87. The predicted octanol–water partition coefficient (Wildman–Crippen LogP) is 1.12. The van der Waals surface area contributed by atoms with Gasteiger partial charge >= 0.3 is 0 Å². The molecule has 0 atom stereocenters. The van der Waals surface area contributed by atoms with Gasteiger partial charge in [-0.1, -0.05) is 5.16 Å². The Hall–Kier alpha value is -1.67. The van der Waals surface area contributed by atoms with Crippen molar-refractivity contribution in [2.24, 2.45) is 4.99 Å². The van der Waals surface area contributed by atoms with E-state index in [1.165, 1.54) is 0 Å². The Bertz CT molecular complexity index is 373. The molecule has 1 heterocycles. The summed E-state index contributed by atoms with van der Waals surface area (Å²) in [6.45, 7) is 2.41. The molecule has 1 aromatic heterocycles. The molecular weight excluding hydrogens is 180 g/mol. The van der Waals surface area contributed by atoms with Crippen molar-refractivity contribution in [1.82, 2.24) is 10.1 Å². The summed E-state index contributed by atoms with van der Waals surface area (Å²) in [5, 5.41) is 12.4. The number of hydrogen-bond acceptors (Lipinski definition) is 5. The summed E-state index contributed by atoms with van der Waals surface area (Å²) in [6.07, 6.45) is 1.68. The Morgan fingerprint density at radius 3 is 2.93 bits per heavy atom. The van der Waals surface area contributed by atoms with Crippen LogP contribution >= 0.6 is 0 Å². The molecule has 14 heavy (non-hydrogen) atoms. The van der Waals surface area contributed by atoms with Crippen LogP contribution in [0, 0.1) is 18.3 Å². The summed E-state index contributed by atoms with van der Waals surface area (Å²) in [5.74, 6) is 0.284. The van der Waals surface area contributed by atoms with Crippen LogP contribution in [-0.4, -0.2) is 36.9 Å². The molecule has 5 heteroatoms. The van der Waals surface area contributed by atoms with Gasteiger partial charge in [0, 0.05) is 12.8 Å². The van der Waals surface area contributed by atoms with Crippen LogP contribution in [0.1, 0.15) is 11.3 Å². The molecule has 0 amide bonds. The lowest BCUT2D eigenvalue weighted by atomic mass is 10.3. The van der Waals surface area contributed by atoms with Crippen LogP contribution in [-0.2, 0) is 0 Å². The number of nitrogens with zero attached hydrogens (tertiary/aromatic N) is 4. The Balaban J connectivity index is 2.77. The molecule has 0 fully saturated rings. The molecule has 5 nitrogen and oxygen atoms in total. The quantitative estimate of drug-likeness (QED) is 0.673. The number of aromatic nitrogens is 1. The van der Waals surface area contributed by atoms with Crippen LogP contribution in [0.5, 0.6) is 0 Å². The van der Waals surface area contributed by atoms with Gasteiger partial charge in [0.05, 0.1) is 0 Å². The minimum Gasteiger partial charge on any atom is -0.335 e. The smallest absolute Gasteiger partial charge is 0.268 e. The molecule has 0 aliphatic carbocycles. The fourth-order valence-electron chi connectivity index (χ4n) is 0.862. The second-order valence-electron chi connectivity index (χ2n) is 3.13. The van der Waals surface area contributed by atoms with Gasteiger partial charge in [-0.2, -0.15) is 5.26 Å². The number of nitriles is 1. The first-order chi connectivity index (χ1) is 6.65. The Morgan fingerprint density at radius 2 is 2.36 bits per heavy atom. The maximum absolute atomic E-state index is 8.76. The van der Waals surface area contributed by atoms with E-state index in [0.717, 1.165) is 0 Å². The molecule has 74 valence electrons. The fourth-order valence-corrected chi connectivity index (χ4v) is 0.862. The van der Waals surface area contributed by atoms with Gasteiger partial charge in [-0.25, -0.2) is 4.99 Å². The molecular formula is C9H12N4O. The van der Waals surface area contributed by atoms with Crippen molar-refractivity contribution >= 4 is 12.1 Å². The third-order valence-corrected chi connectivity index (χ3v) is 1.61. The molecule has 0 saturated heterocycles. The van der Waals surface area contributed by atoms with Crippen LogP contribution in [0.15, 0.2) is 9.52 Å². The Morgan fingerprint density at radius 1 is 1.64 bits per heavy atom. The minimum absolute atomic E-state index is 0.284. The molecule has 0 N–H and O–H groups in total. The highest BCUT2D eigenvalue weighted by Crippen LogP contribution is 2.20. The molecule has 0 radical (unpaired) electrons. The largest absolute Gasteiger partial charge is 0.335 e. The first kappa shape index (κ1) is 10.4. The maximum atomic E-state index is 8.76. The van der Waals surface area contributed by atoms with Crippen molar-refractivity contribution in [2.45, 2.75) is 6.92 Å². The molecule has 1 rings (SSSR count). The molecule has 0 aliphatic heterocycles. The van der Waals surface area contributed by atoms with Crippen LogP contribution in [0.2, 0.25) is 0 Å². The van der Waals surface area contributed by atoms with E-state index in [1.807, 2.05) is 25.1 Å². The van der Waals surface area contributed by atoms with Gasteiger partial charge in [-0.15, -0.1) is 0 Å². The molecule has 0 aliphatic rings. The van der Waals surface area contributed by atoms with Gasteiger partial charge < -0.3 is 9.42 Å². The fraction of sp³-hybridized carbons (Fsp3) is 0.444. The van der Waals surface area contributed by atoms with Gasteiger partial charge in [-0.05, 0) is 21.0 Å². The number of aryl methyl sites for hydroxylation is 1. The first-order valence-corrected chi connectivity index (χ1v) is 4.18. The second-order valence-corrected chi connectivity index (χ2v) is 3.13. The molecule has 0 saturated carbocycles. The number of rotatable bonds is 3. The lowest BCUT2D eigenvalue weighted by Gasteiger charge is -2.01. The van der Waals surface area contributed by atoms with E-state index < -0.39 is 0 Å². The minimum atomic E-state index is 0.284. The van der Waals surface area contributed by atoms with Gasteiger partial charge in [0.25, 0.3) is 5.88 Å². The van der Waals surface area contributed by atoms with Crippen molar-refractivity contribution in [3.63, 3.8) is 0 Å². The highest BCUT2D eigenvalue weighted by atomic mass is 16.5. The lowest BCUT2D eigenvalue weighted by molar-refractivity contribution is 0.424. The number of hydrogen-bond donors (Lipinski definition) is 0. The van der Waals surface area contributed by atoms with E-state index in [-0.39, 0.29) is 5.88 Å². The average Bonchev–Trinajstić information content (AvgIpc) is 2.46. The van der Waals surface area contributed by atoms with Gasteiger partial charge in [0.1, 0.15) is 17.3 Å². The highest BCUT2D eigenvalue weighted by molar-refractivity contribution is 5.65. The van der Waals surface area contributed by atoms with Crippen LogP contribution in [0.4, 0.5) is 5.88 Å². The Kier molecular flexibility index (Phi) is 3.37. The normalized spacial score (nSPS) is 11.1. The van der Waals surface area contributed by atoms with Crippen LogP contribution < -0.4 is 0 Å². The van der Waals surface area contributed by atoms with Gasteiger partial charge in [-0.3, -0.25) is 0 Å². The summed E-state index contributed by atoms with van der Waals surface area (Å²) in [6, 6.07) is 2.00. The molecule has 0 spiro atoms. The highest BCUT2D eigenvalue weighted by Gasteiger charge is 2.09. The number of aliphatic imine (C=N–C) groups is 1. The zero-order valence-corrected chi connectivity index (χ0v) is 8.48. The van der Waals surface area contributed by atoms with Crippen LogP contribution in [0.25, 0.3) is 0 Å². The van der Waals surface area contributed by atoms with Crippen LogP contribution in [0.3, 0.4) is 0 Å². The standard InChI is InChI=1S/C9H12N4O/c1-7-8(6-10)9(14-12-7)11-4-5-13(2)3/h4H,5H2,1-3H3. The lowest BCUT2D eigenvalue weighted by Crippen LogP contribution is -2.13. The van der Waals surface area contributed by atoms with E-state index in [1.54, 1.807) is 13.1 Å². The zero-order chi connectivity index (χ0) is 10.6. The predicted molar refractivity (Wildman–Crippen MR) is 52.7 cm³/mol. The first-order valence-electron chi connectivity index (χ1n) is 4.18. The van der Waals surface area contributed by atoms with Gasteiger partial charge in [0.2, 0.25) is 0 Å². The monoisotopic (exact) mass is 192 g/mol.